The number of anilines is 1. The van der Waals surface area contributed by atoms with E-state index < -0.39 is 12.7 Å². The molecule has 11 heteroatoms. The number of nitrogens with zero attached hydrogens (tertiary/aromatic N) is 5. The maximum Gasteiger partial charge on any atom is 0.401 e. The quantitative estimate of drug-likeness (QED) is 0.265. The number of ether oxygens (including phenoxy) is 1. The number of alkyl halides is 3. The summed E-state index contributed by atoms with van der Waals surface area (Å²) in [5.41, 5.74) is 9.92. The molecule has 3 N–H and O–H groups in total. The predicted octanol–water partition coefficient (Wildman–Crippen LogP) is 6.14. The van der Waals surface area contributed by atoms with Crippen molar-refractivity contribution in [2.75, 3.05) is 18.8 Å². The Kier molecular flexibility index (Phi) is 7.22. The maximum absolute atomic E-state index is 13.6. The Morgan fingerprint density at radius 2 is 1.93 bits per heavy atom. The number of hydrogen-bond acceptors (Lipinski definition) is 6. The third-order valence-corrected chi connectivity index (χ3v) is 8.67. The molecule has 6 rings (SSSR count). The smallest absolute Gasteiger partial charge is 0.383 e. The van der Waals surface area contributed by atoms with E-state index in [4.69, 9.17) is 15.5 Å². The lowest BCUT2D eigenvalue weighted by Crippen LogP contribution is -2.51. The topological polar surface area (TPSA) is 97.9 Å². The number of benzene rings is 1. The van der Waals surface area contributed by atoms with Crippen LogP contribution in [0.2, 0.25) is 0 Å². The number of aryl methyl sites for hydroxylation is 1. The summed E-state index contributed by atoms with van der Waals surface area (Å²) in [6.07, 6.45) is 3.10. The molecule has 1 aliphatic carbocycles. The van der Waals surface area contributed by atoms with Crippen molar-refractivity contribution in [1.29, 1.82) is 0 Å². The van der Waals surface area contributed by atoms with Crippen molar-refractivity contribution in [3.8, 4) is 0 Å². The second-order valence-electron chi connectivity index (χ2n) is 12.7. The molecule has 0 radical (unpaired) electrons. The minimum Gasteiger partial charge on any atom is -0.383 e. The summed E-state index contributed by atoms with van der Waals surface area (Å²) in [6, 6.07) is 8.12. The first-order chi connectivity index (χ1) is 19.4. The molecule has 2 fully saturated rings. The van der Waals surface area contributed by atoms with Crippen LogP contribution in [0, 0.1) is 5.92 Å². The van der Waals surface area contributed by atoms with Crippen molar-refractivity contribution in [1.82, 2.24) is 29.4 Å². The largest absolute Gasteiger partial charge is 0.401 e. The zero-order valence-electron chi connectivity index (χ0n) is 23.8. The number of nitrogens with one attached hydrogen (secondary N) is 1. The van der Waals surface area contributed by atoms with Gasteiger partial charge in [0, 0.05) is 25.2 Å². The van der Waals surface area contributed by atoms with Gasteiger partial charge in [0.05, 0.1) is 29.1 Å². The van der Waals surface area contributed by atoms with Crippen molar-refractivity contribution in [3.63, 3.8) is 0 Å². The summed E-state index contributed by atoms with van der Waals surface area (Å²) in [4.78, 5) is 18.2. The molecular weight excluding hydrogens is 531 g/mol. The molecule has 0 amide bonds. The van der Waals surface area contributed by atoms with Gasteiger partial charge in [0.15, 0.2) is 0 Å². The van der Waals surface area contributed by atoms with Crippen LogP contribution in [0.5, 0.6) is 0 Å². The van der Waals surface area contributed by atoms with E-state index in [2.05, 4.69) is 53.9 Å². The van der Waals surface area contributed by atoms with Gasteiger partial charge >= 0.3 is 6.18 Å². The number of fused-ring (bicyclic) bond motifs is 2. The minimum atomic E-state index is -4.26. The van der Waals surface area contributed by atoms with Crippen LogP contribution in [-0.2, 0) is 16.6 Å². The molecule has 4 heterocycles. The van der Waals surface area contributed by atoms with Crippen LogP contribution in [0.15, 0.2) is 36.8 Å². The van der Waals surface area contributed by atoms with Gasteiger partial charge in [0.2, 0.25) is 0 Å². The Bertz CT molecular complexity index is 1520. The molecule has 8 nitrogen and oxygen atoms in total. The molecule has 4 aromatic rings. The lowest BCUT2D eigenvalue weighted by Gasteiger charge is -2.44. The van der Waals surface area contributed by atoms with E-state index >= 15 is 0 Å². The monoisotopic (exact) mass is 569 g/mol. The Labute approximate surface area is 237 Å². The van der Waals surface area contributed by atoms with E-state index in [0.29, 0.717) is 30.2 Å². The summed E-state index contributed by atoms with van der Waals surface area (Å²) in [5.74, 6) is 1.73. The van der Waals surface area contributed by atoms with E-state index in [9.17, 15) is 13.2 Å². The van der Waals surface area contributed by atoms with Gasteiger partial charge in [0.25, 0.3) is 0 Å². The molecular formula is C30H38F3N7O. The fraction of sp³-hybridized carbons (Fsp3) is 0.567. The first-order valence-electron chi connectivity index (χ1n) is 14.5. The Balaban J connectivity index is 1.04. The SMILES string of the molecule is CC(C)(C)c1ccc2[nH]c(CC[C@H]3C[C@@H](N(C[C@@H]4CC[C@H](n5ccc6c(N)ncnc65)O4)CC(F)(F)F)C3)nc2c1. The number of hydrogen-bond donors (Lipinski definition) is 2. The van der Waals surface area contributed by atoms with Gasteiger partial charge in [-0.1, -0.05) is 26.8 Å². The Morgan fingerprint density at radius 3 is 2.68 bits per heavy atom. The lowest BCUT2D eigenvalue weighted by atomic mass is 9.76. The highest BCUT2D eigenvalue weighted by Gasteiger charge is 2.41. The van der Waals surface area contributed by atoms with Crippen LogP contribution in [0.25, 0.3) is 22.1 Å². The molecule has 1 saturated carbocycles. The standard InChI is InChI=1S/C30H38F3N7O/c1-29(2,3)19-5-7-23-24(14-19)38-25(37-23)8-4-18-12-20(13-18)39(16-30(31,32)33)15-21-6-9-26(41-21)40-11-10-22-27(34)35-17-36-28(22)40/h5,7,10-11,14,17-18,20-21,26H,4,6,8-9,12-13,15-16H2,1-3H3,(H,37,38)(H2,34,35,36)/t18-,20+,21-,26+/m0/s1. The first kappa shape index (κ1) is 28.0. The van der Waals surface area contributed by atoms with Crippen LogP contribution in [0.4, 0.5) is 19.0 Å². The summed E-state index contributed by atoms with van der Waals surface area (Å²) in [7, 11) is 0. The molecule has 1 aromatic carbocycles. The molecule has 1 saturated heterocycles. The fourth-order valence-electron chi connectivity index (χ4n) is 6.30. The van der Waals surface area contributed by atoms with Gasteiger partial charge in [-0.25, -0.2) is 15.0 Å². The van der Waals surface area contributed by atoms with Crippen LogP contribution in [0.1, 0.15) is 70.5 Å². The highest BCUT2D eigenvalue weighted by molar-refractivity contribution is 5.86. The van der Waals surface area contributed by atoms with Gasteiger partial charge in [-0.05, 0) is 67.2 Å². The van der Waals surface area contributed by atoms with Crippen molar-refractivity contribution in [2.45, 2.75) is 89.3 Å². The number of aromatic nitrogens is 5. The fourth-order valence-corrected chi connectivity index (χ4v) is 6.30. The average Bonchev–Trinajstić information content (AvgIpc) is 3.59. The van der Waals surface area contributed by atoms with Crippen LogP contribution in [0.3, 0.4) is 0 Å². The molecule has 2 aliphatic rings. The van der Waals surface area contributed by atoms with Crippen LogP contribution < -0.4 is 5.73 Å². The second kappa shape index (κ2) is 10.6. The molecule has 0 spiro atoms. The highest BCUT2D eigenvalue weighted by atomic mass is 19.4. The van der Waals surface area contributed by atoms with Crippen LogP contribution >= 0.6 is 0 Å². The van der Waals surface area contributed by atoms with Crippen molar-refractivity contribution in [3.05, 3.63) is 48.2 Å². The third kappa shape index (κ3) is 6.06. The van der Waals surface area contributed by atoms with Gasteiger partial charge in [-0.2, -0.15) is 13.2 Å². The third-order valence-electron chi connectivity index (χ3n) is 8.67. The second-order valence-corrected chi connectivity index (χ2v) is 12.7. The summed E-state index contributed by atoms with van der Waals surface area (Å²) >= 11 is 0. The number of imidazole rings is 1. The molecule has 41 heavy (non-hydrogen) atoms. The van der Waals surface area contributed by atoms with Crippen molar-refractivity contribution in [2.24, 2.45) is 5.92 Å². The summed E-state index contributed by atoms with van der Waals surface area (Å²) in [6.45, 7) is 5.91. The summed E-state index contributed by atoms with van der Waals surface area (Å²) in [5, 5.41) is 0.746. The Morgan fingerprint density at radius 1 is 1.12 bits per heavy atom. The van der Waals surface area contributed by atoms with E-state index in [1.165, 1.54) is 11.9 Å². The number of nitrogens with two attached hydrogens (primary N) is 1. The number of H-pyrrole nitrogens is 1. The van der Waals surface area contributed by atoms with Gasteiger partial charge in [-0.3, -0.25) is 4.90 Å². The van der Waals surface area contributed by atoms with E-state index in [1.807, 2.05) is 16.8 Å². The highest BCUT2D eigenvalue weighted by Crippen LogP contribution is 2.39. The molecule has 1 aliphatic heterocycles. The van der Waals surface area contributed by atoms with Crippen LogP contribution in [-0.4, -0.2) is 60.8 Å². The number of aromatic amines is 1. The maximum atomic E-state index is 13.6. The normalized spacial score (nSPS) is 23.6. The minimum absolute atomic E-state index is 0.0567. The van der Waals surface area contributed by atoms with E-state index in [1.54, 1.807) is 4.90 Å². The predicted molar refractivity (Wildman–Crippen MR) is 152 cm³/mol. The average molecular weight is 570 g/mol. The summed E-state index contributed by atoms with van der Waals surface area (Å²) < 4.78 is 48.8. The molecule has 3 aromatic heterocycles. The lowest BCUT2D eigenvalue weighted by molar-refractivity contribution is -0.162. The van der Waals surface area contributed by atoms with Crippen molar-refractivity contribution < 1.29 is 17.9 Å². The zero-order chi connectivity index (χ0) is 28.9. The molecule has 0 unspecified atom stereocenters. The Hall–Kier alpha value is -3.18. The van der Waals surface area contributed by atoms with Gasteiger partial charge in [0.1, 0.15) is 29.8 Å². The van der Waals surface area contributed by atoms with Crippen molar-refractivity contribution >= 4 is 27.9 Å². The van der Waals surface area contributed by atoms with Gasteiger partial charge < -0.3 is 20.0 Å². The number of halogens is 3. The number of rotatable bonds is 8. The molecule has 2 atom stereocenters. The number of nitrogen functional groups attached to an aromatic ring is 1. The zero-order valence-corrected chi connectivity index (χ0v) is 23.8. The molecule has 220 valence electrons. The van der Waals surface area contributed by atoms with Gasteiger partial charge in [-0.15, -0.1) is 0 Å². The van der Waals surface area contributed by atoms with E-state index in [-0.39, 0.29) is 30.3 Å². The first-order valence-corrected chi connectivity index (χ1v) is 14.5. The van der Waals surface area contributed by atoms with E-state index in [0.717, 1.165) is 47.9 Å². The molecule has 0 bridgehead atoms.